The fraction of sp³-hybridized carbons (Fsp3) is 0.455. The molecule has 0 bridgehead atoms. The molecule has 70 valence electrons. The van der Waals surface area contributed by atoms with Crippen molar-refractivity contribution < 1.29 is 9.84 Å². The van der Waals surface area contributed by atoms with Crippen LogP contribution in [0, 0.1) is 6.92 Å². The van der Waals surface area contributed by atoms with Gasteiger partial charge >= 0.3 is 0 Å². The lowest BCUT2D eigenvalue weighted by Crippen LogP contribution is -1.97. The molecule has 1 aliphatic rings. The maximum absolute atomic E-state index is 9.79. The van der Waals surface area contributed by atoms with E-state index < -0.39 is 0 Å². The van der Waals surface area contributed by atoms with Gasteiger partial charge in [-0.05, 0) is 25.3 Å². The number of ether oxygens (including phenoxy) is 1. The van der Waals surface area contributed by atoms with Gasteiger partial charge in [0.15, 0.2) is 0 Å². The number of aryl methyl sites for hydroxylation is 1. The van der Waals surface area contributed by atoms with Crippen LogP contribution in [0.5, 0.6) is 5.75 Å². The summed E-state index contributed by atoms with van der Waals surface area (Å²) in [4.78, 5) is 0. The van der Waals surface area contributed by atoms with Gasteiger partial charge in [-0.25, -0.2) is 0 Å². The quantitative estimate of drug-likeness (QED) is 0.660. The standard InChI is InChI=1S/C11H14O2/c1-8-4-2-5-9-10(12)6-3-7-13-11(8)9/h2,4-5,10,12H,3,6-7H2,1H3/t10-/m0/s1. The van der Waals surface area contributed by atoms with E-state index >= 15 is 0 Å². The summed E-state index contributed by atoms with van der Waals surface area (Å²) >= 11 is 0. The Kier molecular flexibility index (Phi) is 2.23. The Morgan fingerprint density at radius 2 is 2.31 bits per heavy atom. The molecule has 1 heterocycles. The second-order valence-electron chi connectivity index (χ2n) is 3.50. The van der Waals surface area contributed by atoms with Crippen LogP contribution in [0.1, 0.15) is 30.1 Å². The first kappa shape index (κ1) is 8.57. The van der Waals surface area contributed by atoms with Gasteiger partial charge in [0.2, 0.25) is 0 Å². The van der Waals surface area contributed by atoms with E-state index in [0.29, 0.717) is 0 Å². The molecule has 2 nitrogen and oxygen atoms in total. The lowest BCUT2D eigenvalue weighted by molar-refractivity contribution is 0.167. The van der Waals surface area contributed by atoms with Crippen LogP contribution in [0.3, 0.4) is 0 Å². The molecule has 0 aliphatic carbocycles. The van der Waals surface area contributed by atoms with Crippen LogP contribution >= 0.6 is 0 Å². The molecule has 1 aliphatic heterocycles. The number of fused-ring (bicyclic) bond motifs is 1. The Balaban J connectivity index is 2.47. The Labute approximate surface area is 78.2 Å². The van der Waals surface area contributed by atoms with Gasteiger partial charge in [-0.15, -0.1) is 0 Å². The highest BCUT2D eigenvalue weighted by Crippen LogP contribution is 2.33. The molecule has 0 saturated carbocycles. The van der Waals surface area contributed by atoms with Crippen LogP contribution in [0.25, 0.3) is 0 Å². The highest BCUT2D eigenvalue weighted by molar-refractivity contribution is 5.42. The summed E-state index contributed by atoms with van der Waals surface area (Å²) in [5.74, 6) is 0.882. The van der Waals surface area contributed by atoms with Gasteiger partial charge < -0.3 is 9.84 Å². The van der Waals surface area contributed by atoms with E-state index in [4.69, 9.17) is 4.74 Å². The van der Waals surface area contributed by atoms with Gasteiger partial charge in [0, 0.05) is 5.56 Å². The summed E-state index contributed by atoms with van der Waals surface area (Å²) in [5, 5.41) is 9.79. The second kappa shape index (κ2) is 3.38. The Morgan fingerprint density at radius 3 is 3.15 bits per heavy atom. The topological polar surface area (TPSA) is 29.5 Å². The van der Waals surface area contributed by atoms with Crippen molar-refractivity contribution in [1.29, 1.82) is 0 Å². The van der Waals surface area contributed by atoms with Gasteiger partial charge in [-0.1, -0.05) is 18.2 Å². The zero-order valence-corrected chi connectivity index (χ0v) is 7.79. The predicted molar refractivity (Wildman–Crippen MR) is 50.9 cm³/mol. The van der Waals surface area contributed by atoms with Crippen LogP contribution in [-0.2, 0) is 0 Å². The number of aliphatic hydroxyl groups is 1. The zero-order valence-electron chi connectivity index (χ0n) is 7.79. The molecule has 0 unspecified atom stereocenters. The van der Waals surface area contributed by atoms with Crippen molar-refractivity contribution >= 4 is 0 Å². The van der Waals surface area contributed by atoms with Crippen molar-refractivity contribution in [2.24, 2.45) is 0 Å². The van der Waals surface area contributed by atoms with Gasteiger partial charge in [0.25, 0.3) is 0 Å². The number of hydrogen-bond acceptors (Lipinski definition) is 2. The molecule has 0 aromatic heterocycles. The van der Waals surface area contributed by atoms with Crippen LogP contribution in [0.4, 0.5) is 0 Å². The third-order valence-electron chi connectivity index (χ3n) is 2.47. The molecule has 0 amide bonds. The fourth-order valence-electron chi connectivity index (χ4n) is 1.74. The van der Waals surface area contributed by atoms with Crippen molar-refractivity contribution in [3.05, 3.63) is 29.3 Å². The van der Waals surface area contributed by atoms with Gasteiger partial charge in [0.1, 0.15) is 5.75 Å². The SMILES string of the molecule is Cc1cccc2c1OCCC[C@@H]2O. The van der Waals surface area contributed by atoms with E-state index in [1.54, 1.807) is 0 Å². The van der Waals surface area contributed by atoms with E-state index in [-0.39, 0.29) is 6.10 Å². The number of hydrogen-bond donors (Lipinski definition) is 1. The first-order chi connectivity index (χ1) is 6.29. The molecule has 13 heavy (non-hydrogen) atoms. The Hall–Kier alpha value is -1.02. The lowest BCUT2D eigenvalue weighted by Gasteiger charge is -2.12. The van der Waals surface area contributed by atoms with Crippen molar-refractivity contribution in [2.45, 2.75) is 25.9 Å². The molecule has 0 radical (unpaired) electrons. The average molecular weight is 178 g/mol. The molecule has 0 saturated heterocycles. The number of rotatable bonds is 0. The summed E-state index contributed by atoms with van der Waals surface area (Å²) in [5.41, 5.74) is 2.05. The Morgan fingerprint density at radius 1 is 1.46 bits per heavy atom. The van der Waals surface area contributed by atoms with Crippen molar-refractivity contribution in [3.8, 4) is 5.75 Å². The average Bonchev–Trinajstić information content (AvgIpc) is 2.30. The maximum Gasteiger partial charge on any atom is 0.127 e. The highest BCUT2D eigenvalue weighted by Gasteiger charge is 2.17. The first-order valence-electron chi connectivity index (χ1n) is 4.69. The molecular weight excluding hydrogens is 164 g/mol. The molecule has 1 aromatic carbocycles. The van der Waals surface area contributed by atoms with E-state index in [1.807, 2.05) is 25.1 Å². The molecular formula is C11H14O2. The number of aliphatic hydroxyl groups excluding tert-OH is 1. The fourth-order valence-corrected chi connectivity index (χ4v) is 1.74. The summed E-state index contributed by atoms with van der Waals surface area (Å²) in [6, 6.07) is 5.92. The van der Waals surface area contributed by atoms with Gasteiger partial charge in [-0.3, -0.25) is 0 Å². The summed E-state index contributed by atoms with van der Waals surface area (Å²) < 4.78 is 5.59. The molecule has 2 rings (SSSR count). The molecule has 0 fully saturated rings. The zero-order chi connectivity index (χ0) is 9.26. The number of benzene rings is 1. The normalized spacial score (nSPS) is 21.5. The first-order valence-corrected chi connectivity index (χ1v) is 4.69. The maximum atomic E-state index is 9.79. The largest absolute Gasteiger partial charge is 0.493 e. The Bertz CT molecular complexity index is 307. The van der Waals surface area contributed by atoms with Crippen molar-refractivity contribution in [1.82, 2.24) is 0 Å². The minimum absolute atomic E-state index is 0.350. The third kappa shape index (κ3) is 1.54. The molecule has 2 heteroatoms. The van der Waals surface area contributed by atoms with Crippen LogP contribution in [0.15, 0.2) is 18.2 Å². The van der Waals surface area contributed by atoms with Gasteiger partial charge in [-0.2, -0.15) is 0 Å². The highest BCUT2D eigenvalue weighted by atomic mass is 16.5. The van der Waals surface area contributed by atoms with Crippen LogP contribution in [-0.4, -0.2) is 11.7 Å². The summed E-state index contributed by atoms with van der Waals surface area (Å²) in [7, 11) is 0. The molecule has 1 aromatic rings. The molecule has 0 spiro atoms. The third-order valence-corrected chi connectivity index (χ3v) is 2.47. The number of para-hydroxylation sites is 1. The van der Waals surface area contributed by atoms with E-state index in [1.165, 1.54) is 0 Å². The summed E-state index contributed by atoms with van der Waals surface area (Å²) in [6.07, 6.45) is 1.38. The second-order valence-corrected chi connectivity index (χ2v) is 3.50. The van der Waals surface area contributed by atoms with Crippen molar-refractivity contribution in [2.75, 3.05) is 6.61 Å². The predicted octanol–water partition coefficient (Wildman–Crippen LogP) is 2.20. The van der Waals surface area contributed by atoms with Crippen LogP contribution in [0.2, 0.25) is 0 Å². The minimum atomic E-state index is -0.350. The van der Waals surface area contributed by atoms with E-state index in [2.05, 4.69) is 0 Å². The molecule has 1 N–H and O–H groups in total. The summed E-state index contributed by atoms with van der Waals surface area (Å²) in [6.45, 7) is 2.73. The lowest BCUT2D eigenvalue weighted by atomic mass is 10.0. The van der Waals surface area contributed by atoms with E-state index in [9.17, 15) is 5.11 Å². The smallest absolute Gasteiger partial charge is 0.127 e. The van der Waals surface area contributed by atoms with Crippen LogP contribution < -0.4 is 4.74 Å². The van der Waals surface area contributed by atoms with Gasteiger partial charge in [0.05, 0.1) is 12.7 Å². The van der Waals surface area contributed by atoms with E-state index in [0.717, 1.165) is 36.3 Å². The van der Waals surface area contributed by atoms with Crippen molar-refractivity contribution in [3.63, 3.8) is 0 Å². The monoisotopic (exact) mass is 178 g/mol. The minimum Gasteiger partial charge on any atom is -0.493 e. The molecule has 1 atom stereocenters.